The Labute approximate surface area is 157 Å². The Morgan fingerprint density at radius 2 is 1.74 bits per heavy atom. The Balaban J connectivity index is 2.41. The Kier molecular flexibility index (Phi) is 6.65. The Morgan fingerprint density at radius 1 is 1.15 bits per heavy atom. The fourth-order valence-corrected chi connectivity index (χ4v) is 4.30. The van der Waals surface area contributed by atoms with Crippen molar-refractivity contribution < 1.29 is 22.9 Å². The van der Waals surface area contributed by atoms with Crippen molar-refractivity contribution in [3.8, 4) is 0 Å². The first-order valence-electron chi connectivity index (χ1n) is 8.19. The Hall–Kier alpha value is -2.78. The topological polar surface area (TPSA) is 107 Å². The van der Waals surface area contributed by atoms with E-state index in [1.165, 1.54) is 7.11 Å². The molecule has 27 heavy (non-hydrogen) atoms. The lowest BCUT2D eigenvalue weighted by atomic mass is 10.1. The van der Waals surface area contributed by atoms with E-state index in [0.29, 0.717) is 0 Å². The summed E-state index contributed by atoms with van der Waals surface area (Å²) in [4.78, 5) is 22.4. The smallest absolute Gasteiger partial charge is 0.324 e. The van der Waals surface area contributed by atoms with Crippen LogP contribution in [0.2, 0.25) is 0 Å². The van der Waals surface area contributed by atoms with Gasteiger partial charge in [-0.25, -0.2) is 8.42 Å². The minimum absolute atomic E-state index is 0.0337. The molecule has 0 spiro atoms. The van der Waals surface area contributed by atoms with Gasteiger partial charge < -0.3 is 4.74 Å². The SMILES string of the molecule is CCN([C@@H](Cc1ccccc1)C(=O)OC)S(=O)(=O)c1ccc([N+](=O)[O-])cc1. The van der Waals surface area contributed by atoms with Gasteiger partial charge in [-0.15, -0.1) is 0 Å². The monoisotopic (exact) mass is 392 g/mol. The molecule has 0 amide bonds. The number of carbonyl (C=O) groups is 1. The zero-order valence-corrected chi connectivity index (χ0v) is 15.8. The predicted molar refractivity (Wildman–Crippen MR) is 98.6 cm³/mol. The minimum atomic E-state index is -4.06. The molecule has 0 aromatic heterocycles. The van der Waals surface area contributed by atoms with Gasteiger partial charge in [0.1, 0.15) is 6.04 Å². The summed E-state index contributed by atoms with van der Waals surface area (Å²) >= 11 is 0. The van der Waals surface area contributed by atoms with Crippen LogP contribution in [-0.4, -0.2) is 43.3 Å². The lowest BCUT2D eigenvalue weighted by molar-refractivity contribution is -0.384. The molecule has 2 aromatic carbocycles. The highest BCUT2D eigenvalue weighted by Gasteiger charge is 2.35. The number of nitro groups is 1. The van der Waals surface area contributed by atoms with Crippen LogP contribution in [-0.2, 0) is 26.0 Å². The number of likely N-dealkylation sites (N-methyl/N-ethyl adjacent to an activating group) is 1. The van der Waals surface area contributed by atoms with Gasteiger partial charge in [0.15, 0.2) is 0 Å². The lowest BCUT2D eigenvalue weighted by Gasteiger charge is -2.28. The van der Waals surface area contributed by atoms with Crippen molar-refractivity contribution in [2.75, 3.05) is 13.7 Å². The molecule has 0 radical (unpaired) electrons. The van der Waals surface area contributed by atoms with Gasteiger partial charge in [0.25, 0.3) is 5.69 Å². The number of nitro benzene ring substituents is 1. The molecule has 9 heteroatoms. The molecule has 2 aromatic rings. The average Bonchev–Trinajstić information content (AvgIpc) is 2.67. The second-order valence-corrected chi connectivity index (χ2v) is 7.58. The maximum Gasteiger partial charge on any atom is 0.324 e. The largest absolute Gasteiger partial charge is 0.468 e. The van der Waals surface area contributed by atoms with Crippen LogP contribution in [0.1, 0.15) is 12.5 Å². The molecule has 0 aliphatic heterocycles. The van der Waals surface area contributed by atoms with Crippen molar-refractivity contribution in [1.29, 1.82) is 0 Å². The molecule has 0 unspecified atom stereocenters. The van der Waals surface area contributed by atoms with Crippen molar-refractivity contribution in [2.24, 2.45) is 0 Å². The summed E-state index contributed by atoms with van der Waals surface area (Å²) in [5.74, 6) is -0.675. The molecule has 1 atom stereocenters. The van der Waals surface area contributed by atoms with Crippen molar-refractivity contribution in [3.05, 3.63) is 70.3 Å². The molecule has 0 bridgehead atoms. The third-order valence-corrected chi connectivity index (χ3v) is 6.06. The van der Waals surface area contributed by atoms with Gasteiger partial charge in [0.05, 0.1) is 16.9 Å². The number of sulfonamides is 1. The summed E-state index contributed by atoms with van der Waals surface area (Å²) < 4.78 is 32.0. The summed E-state index contributed by atoms with van der Waals surface area (Å²) in [6.45, 7) is 1.65. The quantitative estimate of drug-likeness (QED) is 0.388. The maximum atomic E-state index is 13.0. The van der Waals surface area contributed by atoms with Crippen molar-refractivity contribution >= 4 is 21.7 Å². The van der Waals surface area contributed by atoms with Gasteiger partial charge in [0, 0.05) is 18.7 Å². The molecule has 8 nitrogen and oxygen atoms in total. The van der Waals surface area contributed by atoms with E-state index < -0.39 is 27.0 Å². The van der Waals surface area contributed by atoms with E-state index in [-0.39, 0.29) is 23.5 Å². The molecule has 0 saturated heterocycles. The molecule has 0 N–H and O–H groups in total. The van der Waals surface area contributed by atoms with Crippen LogP contribution in [0.25, 0.3) is 0 Å². The third-order valence-electron chi connectivity index (χ3n) is 4.06. The summed E-state index contributed by atoms with van der Waals surface area (Å²) in [6.07, 6.45) is 0.146. The average molecular weight is 392 g/mol. The highest BCUT2D eigenvalue weighted by atomic mass is 32.2. The van der Waals surface area contributed by atoms with Crippen molar-refractivity contribution in [1.82, 2.24) is 4.31 Å². The summed E-state index contributed by atoms with van der Waals surface area (Å²) in [7, 11) is -2.86. The second-order valence-electron chi connectivity index (χ2n) is 5.69. The van der Waals surface area contributed by atoms with Crippen LogP contribution in [0.4, 0.5) is 5.69 Å². The normalized spacial score (nSPS) is 12.6. The molecule has 0 aliphatic rings. The van der Waals surface area contributed by atoms with E-state index in [1.54, 1.807) is 31.2 Å². The number of hydrogen-bond donors (Lipinski definition) is 0. The van der Waals surface area contributed by atoms with E-state index in [1.807, 2.05) is 6.07 Å². The van der Waals surface area contributed by atoms with E-state index in [2.05, 4.69) is 0 Å². The van der Waals surface area contributed by atoms with Gasteiger partial charge in [-0.3, -0.25) is 14.9 Å². The molecule has 0 saturated carbocycles. The first-order chi connectivity index (χ1) is 12.8. The van der Waals surface area contributed by atoms with Gasteiger partial charge in [-0.05, 0) is 24.1 Å². The number of non-ortho nitro benzene ring substituents is 1. The van der Waals surface area contributed by atoms with Crippen LogP contribution in [0, 0.1) is 10.1 Å². The number of nitrogens with zero attached hydrogens (tertiary/aromatic N) is 2. The van der Waals surface area contributed by atoms with Gasteiger partial charge in [-0.1, -0.05) is 37.3 Å². The molecular weight excluding hydrogens is 372 g/mol. The predicted octanol–water partition coefficient (Wildman–Crippen LogP) is 2.39. The molecule has 144 valence electrons. The number of ether oxygens (including phenoxy) is 1. The highest BCUT2D eigenvalue weighted by Crippen LogP contribution is 2.23. The number of carbonyl (C=O) groups excluding carboxylic acids is 1. The third kappa shape index (κ3) is 4.69. The van der Waals surface area contributed by atoms with Gasteiger partial charge >= 0.3 is 5.97 Å². The zero-order chi connectivity index (χ0) is 20.0. The zero-order valence-electron chi connectivity index (χ0n) is 14.9. The van der Waals surface area contributed by atoms with Crippen LogP contribution in [0.5, 0.6) is 0 Å². The summed E-state index contributed by atoms with van der Waals surface area (Å²) in [5, 5.41) is 10.8. The first-order valence-corrected chi connectivity index (χ1v) is 9.63. The summed E-state index contributed by atoms with van der Waals surface area (Å²) in [5.41, 5.74) is 0.566. The number of hydrogen-bond acceptors (Lipinski definition) is 6. The number of rotatable bonds is 8. The fourth-order valence-electron chi connectivity index (χ4n) is 2.71. The highest BCUT2D eigenvalue weighted by molar-refractivity contribution is 7.89. The van der Waals surface area contributed by atoms with E-state index in [0.717, 1.165) is 34.1 Å². The summed E-state index contributed by atoms with van der Waals surface area (Å²) in [6, 6.07) is 12.5. The number of benzene rings is 2. The Bertz CT molecular complexity index is 897. The first kappa shape index (κ1) is 20.5. The van der Waals surface area contributed by atoms with E-state index >= 15 is 0 Å². The van der Waals surface area contributed by atoms with Crippen LogP contribution in [0.15, 0.2) is 59.5 Å². The Morgan fingerprint density at radius 3 is 2.22 bits per heavy atom. The molecular formula is C18H20N2O6S. The molecule has 0 aliphatic carbocycles. The minimum Gasteiger partial charge on any atom is -0.468 e. The van der Waals surface area contributed by atoms with Crippen molar-refractivity contribution in [2.45, 2.75) is 24.3 Å². The van der Waals surface area contributed by atoms with Crippen molar-refractivity contribution in [3.63, 3.8) is 0 Å². The number of methoxy groups -OCH3 is 1. The van der Waals surface area contributed by atoms with Crippen LogP contribution < -0.4 is 0 Å². The molecule has 2 rings (SSSR count). The van der Waals surface area contributed by atoms with Gasteiger partial charge in [0.2, 0.25) is 10.0 Å². The fraction of sp³-hybridized carbons (Fsp3) is 0.278. The molecule has 0 heterocycles. The second kappa shape index (κ2) is 8.74. The van der Waals surface area contributed by atoms with E-state index in [9.17, 15) is 23.3 Å². The number of esters is 1. The standard InChI is InChI=1S/C18H20N2O6S/c1-3-19(17(18(21)26-2)13-14-7-5-4-6-8-14)27(24,25)16-11-9-15(10-12-16)20(22)23/h4-12,17H,3,13H2,1-2H3/t17-/m0/s1. The lowest BCUT2D eigenvalue weighted by Crippen LogP contribution is -2.46. The van der Waals surface area contributed by atoms with Crippen LogP contribution >= 0.6 is 0 Å². The maximum absolute atomic E-state index is 13.0. The molecule has 0 fully saturated rings. The van der Waals surface area contributed by atoms with E-state index in [4.69, 9.17) is 4.74 Å². The van der Waals surface area contributed by atoms with Crippen LogP contribution in [0.3, 0.4) is 0 Å². The van der Waals surface area contributed by atoms with Gasteiger partial charge in [-0.2, -0.15) is 4.31 Å².